The number of H-pyrrole nitrogens is 1. The van der Waals surface area contributed by atoms with Gasteiger partial charge in [0.05, 0.1) is 13.7 Å². The first-order chi connectivity index (χ1) is 12.9. The van der Waals surface area contributed by atoms with Crippen molar-refractivity contribution in [2.24, 2.45) is 0 Å². The number of aliphatic hydroxyl groups is 3. The maximum Gasteiger partial charge on any atom is 0.330 e. The first kappa shape index (κ1) is 18.9. The molecule has 1 aliphatic heterocycles. The molecular weight excluding hydrogens is 356 g/mol. The zero-order chi connectivity index (χ0) is 19.6. The first-order valence-electron chi connectivity index (χ1n) is 8.08. The van der Waals surface area contributed by atoms with Crippen molar-refractivity contribution in [1.29, 1.82) is 0 Å². The Balaban J connectivity index is 1.95. The third-order valence-electron chi connectivity index (χ3n) is 4.19. The maximum atomic E-state index is 12.1. The molecule has 1 fully saturated rings. The molecule has 0 radical (unpaired) electrons. The van der Waals surface area contributed by atoms with Gasteiger partial charge in [-0.3, -0.25) is 14.3 Å². The van der Waals surface area contributed by atoms with Crippen molar-refractivity contribution < 1.29 is 24.8 Å². The fourth-order valence-corrected chi connectivity index (χ4v) is 2.69. The van der Waals surface area contributed by atoms with Gasteiger partial charge < -0.3 is 24.8 Å². The van der Waals surface area contributed by atoms with Crippen LogP contribution in [0.4, 0.5) is 0 Å². The van der Waals surface area contributed by atoms with Crippen LogP contribution in [0.1, 0.15) is 17.4 Å². The van der Waals surface area contributed by atoms with Gasteiger partial charge in [-0.2, -0.15) is 0 Å². The van der Waals surface area contributed by atoms with E-state index < -0.39 is 42.4 Å². The lowest BCUT2D eigenvalue weighted by Crippen LogP contribution is -2.38. The minimum Gasteiger partial charge on any atom is -0.497 e. The number of aromatic nitrogens is 2. The Kier molecular flexibility index (Phi) is 5.43. The molecular formula is C18H18N2O7. The fourth-order valence-electron chi connectivity index (χ4n) is 2.69. The van der Waals surface area contributed by atoms with E-state index in [4.69, 9.17) is 14.6 Å². The van der Waals surface area contributed by atoms with Crippen LogP contribution in [0.5, 0.6) is 5.75 Å². The number of hydrogen-bond acceptors (Lipinski definition) is 7. The van der Waals surface area contributed by atoms with Crippen molar-refractivity contribution in [3.8, 4) is 17.6 Å². The van der Waals surface area contributed by atoms with E-state index in [1.54, 1.807) is 31.4 Å². The minimum atomic E-state index is -1.45. The topological polar surface area (TPSA) is 134 Å². The van der Waals surface area contributed by atoms with Gasteiger partial charge in [0, 0.05) is 11.8 Å². The van der Waals surface area contributed by atoms with Gasteiger partial charge in [-0.25, -0.2) is 4.79 Å². The number of nitrogens with zero attached hydrogens (tertiary/aromatic N) is 1. The highest BCUT2D eigenvalue weighted by molar-refractivity contribution is 5.43. The third kappa shape index (κ3) is 3.79. The van der Waals surface area contributed by atoms with Crippen LogP contribution in [-0.4, -0.2) is 56.9 Å². The van der Waals surface area contributed by atoms with Gasteiger partial charge in [-0.15, -0.1) is 0 Å². The van der Waals surface area contributed by atoms with E-state index in [0.29, 0.717) is 11.3 Å². The second kappa shape index (κ2) is 7.77. The summed E-state index contributed by atoms with van der Waals surface area (Å²) in [5.74, 6) is 6.13. The molecule has 0 aliphatic carbocycles. The lowest BCUT2D eigenvalue weighted by Gasteiger charge is -2.17. The average molecular weight is 374 g/mol. The molecule has 1 saturated heterocycles. The SMILES string of the molecule is COc1ccc(C#Cc2cn([C@@H]3O[C@H](CO)[C@@H](O)[C@H]3O)c(=O)[nH]c2=O)cc1. The number of nitrogens with one attached hydrogen (secondary N) is 1. The van der Waals surface area contributed by atoms with Crippen LogP contribution < -0.4 is 16.0 Å². The lowest BCUT2D eigenvalue weighted by atomic mass is 10.1. The normalized spacial score (nSPS) is 24.3. The quantitative estimate of drug-likeness (QED) is 0.483. The summed E-state index contributed by atoms with van der Waals surface area (Å²) in [6.45, 7) is -0.531. The van der Waals surface area contributed by atoms with Crippen LogP contribution in [0.2, 0.25) is 0 Å². The summed E-state index contributed by atoms with van der Waals surface area (Å²) in [6, 6.07) is 6.85. The summed E-state index contributed by atoms with van der Waals surface area (Å²) in [6.07, 6.45) is -3.97. The van der Waals surface area contributed by atoms with E-state index >= 15 is 0 Å². The van der Waals surface area contributed by atoms with Gasteiger partial charge in [0.1, 0.15) is 29.6 Å². The molecule has 1 aliphatic rings. The van der Waals surface area contributed by atoms with Crippen LogP contribution in [0.25, 0.3) is 0 Å². The second-order valence-electron chi connectivity index (χ2n) is 5.92. The van der Waals surface area contributed by atoms with E-state index in [1.807, 2.05) is 0 Å². The molecule has 1 aromatic heterocycles. The summed E-state index contributed by atoms with van der Waals surface area (Å²) in [5.41, 5.74) is -0.919. The van der Waals surface area contributed by atoms with Gasteiger partial charge >= 0.3 is 5.69 Å². The maximum absolute atomic E-state index is 12.1. The lowest BCUT2D eigenvalue weighted by molar-refractivity contribution is -0.0550. The predicted molar refractivity (Wildman–Crippen MR) is 93.3 cm³/mol. The molecule has 0 saturated carbocycles. The Labute approximate surface area is 153 Å². The molecule has 27 heavy (non-hydrogen) atoms. The second-order valence-corrected chi connectivity index (χ2v) is 5.92. The summed E-state index contributed by atoms with van der Waals surface area (Å²) in [4.78, 5) is 26.2. The van der Waals surface area contributed by atoms with Crippen molar-refractivity contribution in [3.63, 3.8) is 0 Å². The standard InChI is InChI=1S/C18H18N2O7/c1-26-12-6-3-10(4-7-12)2-5-11-8-20(18(25)19-16(11)24)17-15(23)14(22)13(9-21)27-17/h3-4,6-8,13-15,17,21-23H,9H2,1H3,(H,19,24,25)/t13-,14-,15-,17-/m1/s1. The fraction of sp³-hybridized carbons (Fsp3) is 0.333. The monoisotopic (exact) mass is 374 g/mol. The summed E-state index contributed by atoms with van der Waals surface area (Å²) < 4.78 is 11.3. The Bertz CT molecular complexity index is 984. The van der Waals surface area contributed by atoms with E-state index in [1.165, 1.54) is 0 Å². The molecule has 0 spiro atoms. The van der Waals surface area contributed by atoms with Crippen LogP contribution in [-0.2, 0) is 4.74 Å². The van der Waals surface area contributed by atoms with Crippen LogP contribution >= 0.6 is 0 Å². The largest absolute Gasteiger partial charge is 0.497 e. The van der Waals surface area contributed by atoms with Gasteiger partial charge in [0.25, 0.3) is 5.56 Å². The molecule has 4 atom stereocenters. The van der Waals surface area contributed by atoms with Crippen molar-refractivity contribution in [1.82, 2.24) is 9.55 Å². The highest BCUT2D eigenvalue weighted by Crippen LogP contribution is 2.27. The molecule has 2 aromatic rings. The molecule has 3 rings (SSSR count). The Hall–Kier alpha value is -2.90. The minimum absolute atomic E-state index is 0.0249. The molecule has 2 heterocycles. The molecule has 9 heteroatoms. The molecule has 1 aromatic carbocycles. The van der Waals surface area contributed by atoms with Crippen molar-refractivity contribution in [2.45, 2.75) is 24.5 Å². The van der Waals surface area contributed by atoms with Crippen molar-refractivity contribution in [2.75, 3.05) is 13.7 Å². The molecule has 0 amide bonds. The molecule has 142 valence electrons. The summed E-state index contributed by atoms with van der Waals surface area (Å²) in [7, 11) is 1.54. The highest BCUT2D eigenvalue weighted by atomic mass is 16.6. The van der Waals surface area contributed by atoms with Crippen molar-refractivity contribution in [3.05, 3.63) is 62.4 Å². The van der Waals surface area contributed by atoms with E-state index in [-0.39, 0.29) is 5.56 Å². The highest BCUT2D eigenvalue weighted by Gasteiger charge is 2.43. The van der Waals surface area contributed by atoms with Gasteiger partial charge in [-0.05, 0) is 24.3 Å². The Morgan fingerprint density at radius 3 is 2.48 bits per heavy atom. The molecule has 4 N–H and O–H groups in total. The summed E-state index contributed by atoms with van der Waals surface area (Å²) in [5, 5.41) is 29.1. The number of ether oxygens (including phenoxy) is 2. The van der Waals surface area contributed by atoms with Gasteiger partial charge in [0.15, 0.2) is 6.23 Å². The number of hydrogen-bond donors (Lipinski definition) is 4. The Morgan fingerprint density at radius 2 is 1.89 bits per heavy atom. The number of rotatable bonds is 3. The van der Waals surface area contributed by atoms with Crippen LogP contribution in [0, 0.1) is 11.8 Å². The number of aromatic amines is 1. The van der Waals surface area contributed by atoms with E-state index in [9.17, 15) is 19.8 Å². The summed E-state index contributed by atoms with van der Waals surface area (Å²) >= 11 is 0. The Morgan fingerprint density at radius 1 is 1.19 bits per heavy atom. The van der Waals surface area contributed by atoms with E-state index in [0.717, 1.165) is 10.8 Å². The molecule has 0 bridgehead atoms. The average Bonchev–Trinajstić information content (AvgIpc) is 2.96. The van der Waals surface area contributed by atoms with Crippen molar-refractivity contribution >= 4 is 0 Å². The van der Waals surface area contributed by atoms with E-state index in [2.05, 4.69) is 16.8 Å². The van der Waals surface area contributed by atoms with Crippen LogP contribution in [0.15, 0.2) is 40.1 Å². The molecule has 0 unspecified atom stereocenters. The third-order valence-corrected chi connectivity index (χ3v) is 4.19. The molecule has 9 nitrogen and oxygen atoms in total. The first-order valence-corrected chi connectivity index (χ1v) is 8.08. The number of methoxy groups -OCH3 is 1. The number of aliphatic hydroxyl groups excluding tert-OH is 3. The zero-order valence-electron chi connectivity index (χ0n) is 14.3. The van der Waals surface area contributed by atoms with Gasteiger partial charge in [-0.1, -0.05) is 11.8 Å². The smallest absolute Gasteiger partial charge is 0.330 e. The number of benzene rings is 1. The van der Waals surface area contributed by atoms with Gasteiger partial charge in [0.2, 0.25) is 0 Å². The predicted octanol–water partition coefficient (Wildman–Crippen LogP) is -1.44. The van der Waals surface area contributed by atoms with Crippen LogP contribution in [0.3, 0.4) is 0 Å². The zero-order valence-corrected chi connectivity index (χ0v) is 14.3.